The van der Waals surface area contributed by atoms with E-state index in [0.29, 0.717) is 17.6 Å². The van der Waals surface area contributed by atoms with Crippen LogP contribution < -0.4 is 5.32 Å². The summed E-state index contributed by atoms with van der Waals surface area (Å²) in [6.45, 7) is 1.17. The molecular formula is C11H12BrFN4. The Bertz CT molecular complexity index is 512. The van der Waals surface area contributed by atoms with Crippen molar-refractivity contribution in [3.8, 4) is 0 Å². The minimum Gasteiger partial charge on any atom is -0.314 e. The van der Waals surface area contributed by atoms with E-state index in [9.17, 15) is 4.39 Å². The summed E-state index contributed by atoms with van der Waals surface area (Å²) in [5.41, 5.74) is 1.70. The second-order valence-corrected chi connectivity index (χ2v) is 4.44. The lowest BCUT2D eigenvalue weighted by molar-refractivity contribution is 0.606. The molecule has 1 aromatic heterocycles. The fourth-order valence-corrected chi connectivity index (χ4v) is 1.91. The van der Waals surface area contributed by atoms with Crippen LogP contribution in [0.3, 0.4) is 0 Å². The summed E-state index contributed by atoms with van der Waals surface area (Å²) in [6, 6.07) is 4.95. The molecule has 4 nitrogen and oxygen atoms in total. The van der Waals surface area contributed by atoms with Crippen molar-refractivity contribution in [1.29, 1.82) is 0 Å². The van der Waals surface area contributed by atoms with Gasteiger partial charge < -0.3 is 5.32 Å². The monoisotopic (exact) mass is 298 g/mol. The number of aromatic nitrogens is 3. The third-order valence-corrected chi connectivity index (χ3v) is 3.20. The third kappa shape index (κ3) is 2.89. The number of nitrogens with zero attached hydrogens (tertiary/aromatic N) is 3. The zero-order chi connectivity index (χ0) is 12.3. The first-order chi connectivity index (χ1) is 8.20. The molecule has 1 heterocycles. The third-order valence-electron chi connectivity index (χ3n) is 2.31. The molecule has 0 aliphatic heterocycles. The molecule has 0 atom stereocenters. The molecule has 0 fully saturated rings. The highest BCUT2D eigenvalue weighted by atomic mass is 79.9. The lowest BCUT2D eigenvalue weighted by atomic mass is 10.2. The van der Waals surface area contributed by atoms with Gasteiger partial charge in [-0.3, -0.25) is 0 Å². The van der Waals surface area contributed by atoms with E-state index in [1.165, 1.54) is 6.07 Å². The number of rotatable bonds is 4. The van der Waals surface area contributed by atoms with Crippen LogP contribution in [0.25, 0.3) is 0 Å². The molecule has 0 radical (unpaired) electrons. The quantitative estimate of drug-likeness (QED) is 0.938. The zero-order valence-electron chi connectivity index (χ0n) is 9.32. The van der Waals surface area contributed by atoms with Crippen LogP contribution in [-0.2, 0) is 13.1 Å². The van der Waals surface area contributed by atoms with Crippen molar-refractivity contribution in [3.63, 3.8) is 0 Å². The lowest BCUT2D eigenvalue weighted by Crippen LogP contribution is -2.05. The summed E-state index contributed by atoms with van der Waals surface area (Å²) in [5.74, 6) is -0.266. The van der Waals surface area contributed by atoms with E-state index in [1.54, 1.807) is 10.7 Å². The standard InChI is InChI=1S/C11H12BrFN4/c1-14-5-9-7-17(16-15-9)6-8-3-2-4-10(13)11(8)12/h2-4,7,14H,5-6H2,1H3. The molecule has 17 heavy (non-hydrogen) atoms. The van der Waals surface area contributed by atoms with E-state index in [2.05, 4.69) is 31.6 Å². The van der Waals surface area contributed by atoms with Gasteiger partial charge in [-0.2, -0.15) is 0 Å². The minimum atomic E-state index is -0.266. The molecule has 0 aliphatic carbocycles. The Hall–Kier alpha value is -1.27. The number of hydrogen-bond donors (Lipinski definition) is 1. The van der Waals surface area contributed by atoms with Gasteiger partial charge >= 0.3 is 0 Å². The van der Waals surface area contributed by atoms with E-state index in [-0.39, 0.29) is 5.82 Å². The molecule has 0 saturated carbocycles. The highest BCUT2D eigenvalue weighted by Crippen LogP contribution is 2.20. The molecule has 0 unspecified atom stereocenters. The van der Waals surface area contributed by atoms with Gasteiger partial charge in [-0.1, -0.05) is 17.3 Å². The van der Waals surface area contributed by atoms with Gasteiger partial charge in [0, 0.05) is 6.54 Å². The largest absolute Gasteiger partial charge is 0.314 e. The topological polar surface area (TPSA) is 42.7 Å². The van der Waals surface area contributed by atoms with Crippen molar-refractivity contribution in [2.75, 3.05) is 7.05 Å². The first-order valence-corrected chi connectivity index (χ1v) is 5.96. The van der Waals surface area contributed by atoms with Gasteiger partial charge in [-0.25, -0.2) is 9.07 Å². The van der Waals surface area contributed by atoms with Crippen LogP contribution in [0.1, 0.15) is 11.3 Å². The van der Waals surface area contributed by atoms with E-state index in [4.69, 9.17) is 0 Å². The zero-order valence-corrected chi connectivity index (χ0v) is 10.9. The van der Waals surface area contributed by atoms with Crippen LogP contribution in [0, 0.1) is 5.82 Å². The molecule has 2 aromatic rings. The normalized spacial score (nSPS) is 10.8. The first kappa shape index (κ1) is 12.2. The van der Waals surface area contributed by atoms with Crippen LogP contribution >= 0.6 is 15.9 Å². The summed E-state index contributed by atoms with van der Waals surface area (Å²) in [6.07, 6.45) is 1.84. The fraction of sp³-hybridized carbons (Fsp3) is 0.273. The summed E-state index contributed by atoms with van der Waals surface area (Å²) >= 11 is 3.23. The van der Waals surface area contributed by atoms with Gasteiger partial charge in [0.1, 0.15) is 5.82 Å². The summed E-state index contributed by atoms with van der Waals surface area (Å²) in [4.78, 5) is 0. The summed E-state index contributed by atoms with van der Waals surface area (Å²) in [5, 5.41) is 11.0. The van der Waals surface area contributed by atoms with Crippen molar-refractivity contribution in [2.45, 2.75) is 13.1 Å². The Morgan fingerprint density at radius 2 is 2.29 bits per heavy atom. The molecule has 0 spiro atoms. The highest BCUT2D eigenvalue weighted by molar-refractivity contribution is 9.10. The summed E-state index contributed by atoms with van der Waals surface area (Å²) in [7, 11) is 1.85. The van der Waals surface area contributed by atoms with Gasteiger partial charge in [0.2, 0.25) is 0 Å². The average Bonchev–Trinajstić information content (AvgIpc) is 2.73. The predicted octanol–water partition coefficient (Wildman–Crippen LogP) is 1.95. The lowest BCUT2D eigenvalue weighted by Gasteiger charge is -2.04. The molecule has 2 rings (SSSR count). The molecular weight excluding hydrogens is 287 g/mol. The Morgan fingerprint density at radius 3 is 3.06 bits per heavy atom. The molecule has 0 saturated heterocycles. The highest BCUT2D eigenvalue weighted by Gasteiger charge is 2.07. The number of halogens is 2. The Balaban J connectivity index is 2.16. The van der Waals surface area contributed by atoms with Crippen LogP contribution in [0.2, 0.25) is 0 Å². The molecule has 6 heteroatoms. The van der Waals surface area contributed by atoms with Gasteiger partial charge in [-0.05, 0) is 34.6 Å². The second kappa shape index (κ2) is 5.37. The van der Waals surface area contributed by atoms with Crippen molar-refractivity contribution in [2.24, 2.45) is 0 Å². The molecule has 0 aliphatic rings. The number of nitrogens with one attached hydrogen (secondary N) is 1. The SMILES string of the molecule is CNCc1cn(Cc2cccc(F)c2Br)nn1. The van der Waals surface area contributed by atoms with Crippen molar-refractivity contribution in [3.05, 3.63) is 45.9 Å². The van der Waals surface area contributed by atoms with Crippen LogP contribution in [0.5, 0.6) is 0 Å². The maximum absolute atomic E-state index is 13.3. The van der Waals surface area contributed by atoms with E-state index in [0.717, 1.165) is 11.3 Å². The van der Waals surface area contributed by atoms with Crippen molar-refractivity contribution >= 4 is 15.9 Å². The molecule has 90 valence electrons. The van der Waals surface area contributed by atoms with Gasteiger partial charge in [0.25, 0.3) is 0 Å². The number of hydrogen-bond acceptors (Lipinski definition) is 3. The maximum atomic E-state index is 13.3. The Kier molecular flexibility index (Phi) is 3.86. The smallest absolute Gasteiger partial charge is 0.137 e. The second-order valence-electron chi connectivity index (χ2n) is 3.65. The van der Waals surface area contributed by atoms with Gasteiger partial charge in [-0.15, -0.1) is 5.10 Å². The number of benzene rings is 1. The van der Waals surface area contributed by atoms with E-state index in [1.807, 2.05) is 19.3 Å². The van der Waals surface area contributed by atoms with Gasteiger partial charge in [0.15, 0.2) is 0 Å². The van der Waals surface area contributed by atoms with Crippen molar-refractivity contribution in [1.82, 2.24) is 20.3 Å². The Labute approximate surface area is 107 Å². The first-order valence-electron chi connectivity index (χ1n) is 5.17. The molecule has 1 aromatic carbocycles. The molecule has 0 bridgehead atoms. The predicted molar refractivity (Wildman–Crippen MR) is 66.0 cm³/mol. The molecule has 0 amide bonds. The Morgan fingerprint density at radius 1 is 1.47 bits per heavy atom. The molecule has 1 N–H and O–H groups in total. The fourth-order valence-electron chi connectivity index (χ4n) is 1.52. The van der Waals surface area contributed by atoms with Gasteiger partial charge in [0.05, 0.1) is 22.9 Å². The average molecular weight is 299 g/mol. The van der Waals surface area contributed by atoms with Crippen LogP contribution in [0.4, 0.5) is 4.39 Å². The van der Waals surface area contributed by atoms with Crippen LogP contribution in [0.15, 0.2) is 28.9 Å². The van der Waals surface area contributed by atoms with Crippen LogP contribution in [-0.4, -0.2) is 22.0 Å². The maximum Gasteiger partial charge on any atom is 0.137 e. The van der Waals surface area contributed by atoms with E-state index < -0.39 is 0 Å². The minimum absolute atomic E-state index is 0.266. The summed E-state index contributed by atoms with van der Waals surface area (Å²) < 4.78 is 15.5. The van der Waals surface area contributed by atoms with Crippen molar-refractivity contribution < 1.29 is 4.39 Å². The van der Waals surface area contributed by atoms with E-state index >= 15 is 0 Å².